The minimum Gasteiger partial charge on any atom is -0.478 e. The van der Waals surface area contributed by atoms with Crippen LogP contribution in [0.2, 0.25) is 0 Å². The number of carboxylic acid groups (broad SMARTS) is 1. The number of nitrogens with zero attached hydrogens (tertiary/aromatic N) is 4. The van der Waals surface area contributed by atoms with Gasteiger partial charge in [-0.25, -0.2) is 9.47 Å². The number of benzene rings is 1. The number of carboxylic acids is 1. The van der Waals surface area contributed by atoms with Gasteiger partial charge in [0.2, 0.25) is 5.16 Å². The van der Waals surface area contributed by atoms with Crippen molar-refractivity contribution in [1.29, 1.82) is 0 Å². The number of hydrogen-bond acceptors (Lipinski definition) is 6. The molecule has 0 saturated carbocycles. The first kappa shape index (κ1) is 12.8. The maximum absolute atomic E-state index is 10.9. The third-order valence-electron chi connectivity index (χ3n) is 3.37. The van der Waals surface area contributed by atoms with Crippen LogP contribution in [0.15, 0.2) is 39.9 Å². The van der Waals surface area contributed by atoms with E-state index < -0.39 is 5.97 Å². The van der Waals surface area contributed by atoms with Crippen molar-refractivity contribution >= 4 is 29.5 Å². The summed E-state index contributed by atoms with van der Waals surface area (Å²) in [5, 5.41) is 23.6. The maximum atomic E-state index is 10.9. The van der Waals surface area contributed by atoms with E-state index in [1.165, 1.54) is 0 Å². The first-order chi connectivity index (χ1) is 10.1. The molecular formula is C13H10N4O2S2. The number of thioether (sulfide) groups is 2. The molecule has 0 radical (unpaired) electrons. The van der Waals surface area contributed by atoms with Crippen molar-refractivity contribution < 1.29 is 9.90 Å². The highest BCUT2D eigenvalue weighted by Gasteiger charge is 2.38. The highest BCUT2D eigenvalue weighted by atomic mass is 32.2. The number of fused-ring (bicyclic) bond motifs is 3. The Hall–Kier alpha value is -1.93. The predicted molar refractivity (Wildman–Crippen MR) is 80.6 cm³/mol. The highest BCUT2D eigenvalue weighted by Crippen LogP contribution is 2.50. The Morgan fingerprint density at radius 1 is 1.29 bits per heavy atom. The molecule has 0 amide bonds. The fourth-order valence-corrected chi connectivity index (χ4v) is 4.65. The van der Waals surface area contributed by atoms with Gasteiger partial charge in [0.1, 0.15) is 10.4 Å². The molecule has 4 rings (SSSR count). The van der Waals surface area contributed by atoms with Gasteiger partial charge < -0.3 is 5.11 Å². The molecule has 0 unspecified atom stereocenters. The third-order valence-corrected chi connectivity index (χ3v) is 5.56. The number of aromatic nitrogens is 3. The molecule has 1 atom stereocenters. The Morgan fingerprint density at radius 2 is 2.05 bits per heavy atom. The van der Waals surface area contributed by atoms with Crippen molar-refractivity contribution in [1.82, 2.24) is 14.9 Å². The Kier molecular flexibility index (Phi) is 2.76. The average molecular weight is 318 g/mol. The van der Waals surface area contributed by atoms with Crippen molar-refractivity contribution in [2.24, 2.45) is 0 Å². The van der Waals surface area contributed by atoms with E-state index >= 15 is 0 Å². The molecular weight excluding hydrogens is 308 g/mol. The lowest BCUT2D eigenvalue weighted by Crippen LogP contribution is -2.30. The quantitative estimate of drug-likeness (QED) is 0.912. The van der Waals surface area contributed by atoms with Gasteiger partial charge in [0.25, 0.3) is 0 Å². The summed E-state index contributed by atoms with van der Waals surface area (Å²) in [5.74, 6) is -0.0661. The zero-order valence-corrected chi connectivity index (χ0v) is 12.6. The largest absolute Gasteiger partial charge is 0.478 e. The molecule has 1 N–H and O–H groups in total. The number of aryl methyl sites for hydroxylation is 1. The molecule has 8 heteroatoms. The molecule has 3 heterocycles. The van der Waals surface area contributed by atoms with Crippen molar-refractivity contribution in [2.75, 3.05) is 5.01 Å². The van der Waals surface area contributed by atoms with Gasteiger partial charge in [0.05, 0.1) is 5.56 Å². The standard InChI is InChI=1S/C13H10N4O2S2/c1-7-14-15-13-16(7)17-10(21-13)6-20-11(17)8-2-4-9(5-3-8)12(18)19/h2-6,11H,1H3,(H,18,19)/t11-/m1/s1. The zero-order valence-electron chi connectivity index (χ0n) is 10.9. The number of hydrogen-bond donors (Lipinski definition) is 1. The lowest BCUT2D eigenvalue weighted by Gasteiger charge is -2.25. The molecule has 106 valence electrons. The van der Waals surface area contributed by atoms with E-state index in [0.29, 0.717) is 5.56 Å². The molecule has 1 aromatic heterocycles. The van der Waals surface area contributed by atoms with Crippen LogP contribution in [0.5, 0.6) is 0 Å². The number of aromatic carboxylic acids is 1. The Morgan fingerprint density at radius 3 is 2.76 bits per heavy atom. The highest BCUT2D eigenvalue weighted by molar-refractivity contribution is 8.07. The van der Waals surface area contributed by atoms with Crippen molar-refractivity contribution in [2.45, 2.75) is 17.5 Å². The van der Waals surface area contributed by atoms with Gasteiger partial charge in [-0.1, -0.05) is 23.9 Å². The molecule has 6 nitrogen and oxygen atoms in total. The van der Waals surface area contributed by atoms with Crippen molar-refractivity contribution in [3.05, 3.63) is 51.7 Å². The van der Waals surface area contributed by atoms with Gasteiger partial charge in [-0.3, -0.25) is 5.01 Å². The first-order valence-corrected chi connectivity index (χ1v) is 7.99. The van der Waals surface area contributed by atoms with E-state index in [2.05, 4.69) is 20.6 Å². The lowest BCUT2D eigenvalue weighted by molar-refractivity contribution is 0.0697. The van der Waals surface area contributed by atoms with Gasteiger partial charge in [-0.2, -0.15) is 0 Å². The monoisotopic (exact) mass is 318 g/mol. The fraction of sp³-hybridized carbons (Fsp3) is 0.154. The molecule has 0 aliphatic carbocycles. The summed E-state index contributed by atoms with van der Waals surface area (Å²) in [5.41, 5.74) is 1.35. The predicted octanol–water partition coefficient (Wildman–Crippen LogP) is 2.57. The molecule has 0 bridgehead atoms. The summed E-state index contributed by atoms with van der Waals surface area (Å²) < 4.78 is 2.01. The second-order valence-electron chi connectivity index (χ2n) is 4.66. The second kappa shape index (κ2) is 4.54. The summed E-state index contributed by atoms with van der Waals surface area (Å²) in [4.78, 5) is 10.9. The summed E-state index contributed by atoms with van der Waals surface area (Å²) in [6.07, 6.45) is 0. The Labute approximate surface area is 128 Å². The molecule has 2 aromatic rings. The van der Waals surface area contributed by atoms with Gasteiger partial charge >= 0.3 is 5.97 Å². The van der Waals surface area contributed by atoms with Crippen molar-refractivity contribution in [3.8, 4) is 0 Å². The average Bonchev–Trinajstić information content (AvgIpc) is 3.11. The van der Waals surface area contributed by atoms with Crippen LogP contribution in [0.1, 0.15) is 27.1 Å². The van der Waals surface area contributed by atoms with Gasteiger partial charge in [0, 0.05) is 5.41 Å². The fourth-order valence-electron chi connectivity index (χ4n) is 2.38. The molecule has 2 aliphatic rings. The molecule has 21 heavy (non-hydrogen) atoms. The molecule has 2 aliphatic heterocycles. The van der Waals surface area contributed by atoms with E-state index in [4.69, 9.17) is 5.11 Å². The van der Waals surface area contributed by atoms with Gasteiger partial charge in [-0.05, 0) is 36.4 Å². The summed E-state index contributed by atoms with van der Waals surface area (Å²) in [7, 11) is 0. The van der Waals surface area contributed by atoms with Crippen LogP contribution in [0.3, 0.4) is 0 Å². The van der Waals surface area contributed by atoms with Crippen LogP contribution in [0.4, 0.5) is 0 Å². The normalized spacial score (nSPS) is 19.4. The van der Waals surface area contributed by atoms with Gasteiger partial charge in [0.15, 0.2) is 5.82 Å². The van der Waals surface area contributed by atoms with Crippen LogP contribution in [-0.4, -0.2) is 25.9 Å². The van der Waals surface area contributed by atoms with Crippen LogP contribution >= 0.6 is 23.5 Å². The topological polar surface area (TPSA) is 71.2 Å². The summed E-state index contributed by atoms with van der Waals surface area (Å²) >= 11 is 3.29. The molecule has 0 spiro atoms. The van der Waals surface area contributed by atoms with E-state index in [-0.39, 0.29) is 5.37 Å². The number of carbonyl (C=O) groups is 1. The zero-order chi connectivity index (χ0) is 14.6. The van der Waals surface area contributed by atoms with Crippen LogP contribution in [0.25, 0.3) is 0 Å². The lowest BCUT2D eigenvalue weighted by atomic mass is 10.1. The summed E-state index contributed by atoms with van der Waals surface area (Å²) in [6.45, 7) is 1.92. The van der Waals surface area contributed by atoms with E-state index in [0.717, 1.165) is 21.6 Å². The smallest absolute Gasteiger partial charge is 0.335 e. The number of rotatable bonds is 2. The van der Waals surface area contributed by atoms with E-state index in [9.17, 15) is 4.79 Å². The summed E-state index contributed by atoms with van der Waals surface area (Å²) in [6, 6.07) is 7.00. The first-order valence-electron chi connectivity index (χ1n) is 6.23. The van der Waals surface area contributed by atoms with Crippen LogP contribution in [-0.2, 0) is 0 Å². The van der Waals surface area contributed by atoms with Crippen LogP contribution < -0.4 is 5.01 Å². The molecule has 0 saturated heterocycles. The second-order valence-corrected chi connectivity index (χ2v) is 6.60. The van der Waals surface area contributed by atoms with Gasteiger partial charge in [-0.15, -0.1) is 10.2 Å². The Bertz CT molecular complexity index is 769. The SMILES string of the molecule is Cc1nnc2n1N1C(=CS[C@@H]1c1ccc(C(=O)O)cc1)S2. The third kappa shape index (κ3) is 1.86. The Balaban J connectivity index is 1.71. The molecule has 0 fully saturated rings. The minimum absolute atomic E-state index is 0.0753. The minimum atomic E-state index is -0.909. The van der Waals surface area contributed by atoms with Crippen LogP contribution in [0, 0.1) is 6.92 Å². The van der Waals surface area contributed by atoms with Crippen molar-refractivity contribution in [3.63, 3.8) is 0 Å². The van der Waals surface area contributed by atoms with E-state index in [1.54, 1.807) is 35.7 Å². The molecule has 1 aromatic carbocycles. The van der Waals surface area contributed by atoms with E-state index in [1.807, 2.05) is 23.7 Å². The maximum Gasteiger partial charge on any atom is 0.335 e.